The van der Waals surface area contributed by atoms with Gasteiger partial charge in [0.2, 0.25) is 0 Å². The first-order valence-corrected chi connectivity index (χ1v) is 9.40. The third-order valence-electron chi connectivity index (χ3n) is 4.46. The minimum atomic E-state index is -0.709. The van der Waals surface area contributed by atoms with E-state index in [1.54, 1.807) is 29.8 Å². The molecule has 6 nitrogen and oxygen atoms in total. The Morgan fingerprint density at radius 2 is 2.10 bits per heavy atom. The van der Waals surface area contributed by atoms with Gasteiger partial charge < -0.3 is 14.4 Å². The van der Waals surface area contributed by atoms with E-state index in [1.165, 1.54) is 12.1 Å². The van der Waals surface area contributed by atoms with Crippen molar-refractivity contribution in [2.75, 3.05) is 6.61 Å². The van der Waals surface area contributed by atoms with Crippen molar-refractivity contribution in [3.8, 4) is 6.07 Å². The van der Waals surface area contributed by atoms with Crippen LogP contribution >= 0.6 is 11.3 Å². The van der Waals surface area contributed by atoms with Gasteiger partial charge in [0.15, 0.2) is 11.6 Å². The molecule has 0 fully saturated rings. The number of aliphatic hydroxyl groups excluding tert-OH is 1. The molecule has 0 radical (unpaired) electrons. The second kappa shape index (κ2) is 7.37. The van der Waals surface area contributed by atoms with Crippen molar-refractivity contribution in [1.82, 2.24) is 9.55 Å². The van der Waals surface area contributed by atoms with Crippen LogP contribution in [0.4, 0.5) is 4.39 Å². The Hall–Kier alpha value is -3.70. The minimum Gasteiger partial charge on any atom is -0.507 e. The fraction of sp³-hybridized carbons (Fsp3) is 0.0952. The number of nitrogens with zero attached hydrogens (tertiary/aromatic N) is 3. The number of allylic oxidation sites excluding steroid dienone is 1. The summed E-state index contributed by atoms with van der Waals surface area (Å²) >= 11 is 1.09. The molecule has 4 rings (SSSR count). The monoisotopic (exact) mass is 407 g/mol. The standard InChI is InChI=1S/C21H14FN3O3S/c1-25-16-7-3-2-6-15(16)24-20(25)13(10-23)17(26)11-28-21(27)19-9-12-14(22)5-4-8-18(12)29-19/h2-9,26H,11H2,1H3/b17-13-. The van der Waals surface area contributed by atoms with Gasteiger partial charge >= 0.3 is 5.97 Å². The predicted molar refractivity (Wildman–Crippen MR) is 108 cm³/mol. The number of benzene rings is 2. The van der Waals surface area contributed by atoms with Gasteiger partial charge in [-0.3, -0.25) is 0 Å². The Kier molecular flexibility index (Phi) is 4.74. The lowest BCUT2D eigenvalue weighted by molar-refractivity contribution is 0.0508. The molecule has 0 spiro atoms. The number of fused-ring (bicyclic) bond motifs is 2. The lowest BCUT2D eigenvalue weighted by Gasteiger charge is -2.06. The second-order valence-electron chi connectivity index (χ2n) is 6.26. The van der Waals surface area contributed by atoms with Crippen molar-refractivity contribution in [1.29, 1.82) is 5.26 Å². The van der Waals surface area contributed by atoms with Gasteiger partial charge in [-0.2, -0.15) is 5.26 Å². The quantitative estimate of drug-likeness (QED) is 0.304. The molecule has 1 N–H and O–H groups in total. The molecule has 144 valence electrons. The Morgan fingerprint density at radius 1 is 1.31 bits per heavy atom. The average molecular weight is 407 g/mol. The van der Waals surface area contributed by atoms with Crippen molar-refractivity contribution >= 4 is 44.0 Å². The first-order chi connectivity index (χ1) is 14.0. The summed E-state index contributed by atoms with van der Waals surface area (Å²) in [4.78, 5) is 16.9. The molecule has 0 bridgehead atoms. The maximum atomic E-state index is 13.8. The van der Waals surface area contributed by atoms with Crippen molar-refractivity contribution in [2.24, 2.45) is 7.05 Å². The SMILES string of the molecule is Cn1c(/C(C#N)=C(\O)COC(=O)c2cc3c(F)cccc3s2)nc2ccccc21. The number of esters is 1. The second-order valence-corrected chi connectivity index (χ2v) is 7.34. The molecule has 0 aliphatic carbocycles. The summed E-state index contributed by atoms with van der Waals surface area (Å²) in [6, 6.07) is 15.2. The zero-order valence-corrected chi connectivity index (χ0v) is 16.0. The highest BCUT2D eigenvalue weighted by molar-refractivity contribution is 7.20. The van der Waals surface area contributed by atoms with Crippen LogP contribution in [0.2, 0.25) is 0 Å². The lowest BCUT2D eigenvalue weighted by atomic mass is 10.2. The van der Waals surface area contributed by atoms with E-state index in [9.17, 15) is 19.6 Å². The van der Waals surface area contributed by atoms with Gasteiger partial charge in [-0.05, 0) is 30.3 Å². The average Bonchev–Trinajstić information content (AvgIpc) is 3.30. The molecule has 0 saturated carbocycles. The maximum Gasteiger partial charge on any atom is 0.348 e. The third kappa shape index (κ3) is 3.32. The summed E-state index contributed by atoms with van der Waals surface area (Å²) in [6.45, 7) is -0.498. The molecule has 29 heavy (non-hydrogen) atoms. The minimum absolute atomic E-state index is 0.0844. The van der Waals surface area contributed by atoms with E-state index in [-0.39, 0.29) is 16.3 Å². The molecule has 0 aliphatic rings. The third-order valence-corrected chi connectivity index (χ3v) is 5.54. The zero-order chi connectivity index (χ0) is 20.5. The number of hydrogen-bond donors (Lipinski definition) is 1. The Balaban J connectivity index is 1.59. The van der Waals surface area contributed by atoms with Crippen LogP contribution in [0.5, 0.6) is 0 Å². The van der Waals surface area contributed by atoms with Crippen LogP contribution in [0.15, 0.2) is 54.3 Å². The van der Waals surface area contributed by atoms with Gasteiger partial charge in [-0.15, -0.1) is 11.3 Å². The number of thiophene rings is 1. The number of hydrogen-bond acceptors (Lipinski definition) is 6. The number of halogens is 1. The first kappa shape index (κ1) is 18.7. The summed E-state index contributed by atoms with van der Waals surface area (Å²) < 4.78 is 21.2. The Labute approximate surface area is 168 Å². The summed E-state index contributed by atoms with van der Waals surface area (Å²) in [7, 11) is 1.73. The van der Waals surface area contributed by atoms with E-state index < -0.39 is 24.2 Å². The van der Waals surface area contributed by atoms with Crippen LogP contribution in [-0.2, 0) is 11.8 Å². The summed E-state index contributed by atoms with van der Waals surface area (Å²) in [6.07, 6.45) is 0. The fourth-order valence-electron chi connectivity index (χ4n) is 3.02. The fourth-order valence-corrected chi connectivity index (χ4v) is 3.98. The number of rotatable bonds is 4. The highest BCUT2D eigenvalue weighted by Crippen LogP contribution is 2.28. The van der Waals surface area contributed by atoms with E-state index in [4.69, 9.17) is 4.74 Å². The van der Waals surface area contributed by atoms with Gasteiger partial charge in [-0.25, -0.2) is 14.2 Å². The summed E-state index contributed by atoms with van der Waals surface area (Å²) in [5.41, 5.74) is 1.39. The number of carbonyl (C=O) groups is 1. The van der Waals surface area contributed by atoms with Crippen molar-refractivity contribution in [3.05, 3.63) is 70.8 Å². The normalized spacial score (nSPS) is 12.0. The molecular weight excluding hydrogens is 393 g/mol. The summed E-state index contributed by atoms with van der Waals surface area (Å²) in [5, 5.41) is 20.2. The van der Waals surface area contributed by atoms with Gasteiger partial charge in [-0.1, -0.05) is 18.2 Å². The maximum absolute atomic E-state index is 13.8. The molecule has 2 aromatic heterocycles. The number of aryl methyl sites for hydroxylation is 1. The molecule has 2 aromatic carbocycles. The van der Waals surface area contributed by atoms with E-state index in [0.717, 1.165) is 16.9 Å². The number of aliphatic hydroxyl groups is 1. The highest BCUT2D eigenvalue weighted by atomic mass is 32.1. The topological polar surface area (TPSA) is 88.1 Å². The van der Waals surface area contributed by atoms with Crippen LogP contribution < -0.4 is 0 Å². The molecule has 8 heteroatoms. The van der Waals surface area contributed by atoms with E-state index in [0.29, 0.717) is 15.6 Å². The van der Waals surface area contributed by atoms with Crippen LogP contribution in [0.1, 0.15) is 15.5 Å². The number of ether oxygens (including phenoxy) is 1. The van der Waals surface area contributed by atoms with Gasteiger partial charge in [0.1, 0.15) is 28.9 Å². The molecule has 0 saturated heterocycles. The highest BCUT2D eigenvalue weighted by Gasteiger charge is 2.19. The van der Waals surface area contributed by atoms with Crippen molar-refractivity contribution in [3.63, 3.8) is 0 Å². The number of aromatic nitrogens is 2. The number of para-hydroxylation sites is 2. The van der Waals surface area contributed by atoms with E-state index >= 15 is 0 Å². The van der Waals surface area contributed by atoms with Gasteiger partial charge in [0, 0.05) is 17.1 Å². The largest absolute Gasteiger partial charge is 0.507 e. The molecule has 0 aliphatic heterocycles. The number of imidazole rings is 1. The Morgan fingerprint density at radius 3 is 2.83 bits per heavy atom. The predicted octanol–water partition coefficient (Wildman–Crippen LogP) is 4.58. The van der Waals surface area contributed by atoms with Crippen LogP contribution in [0.3, 0.4) is 0 Å². The van der Waals surface area contributed by atoms with Gasteiger partial charge in [0.25, 0.3) is 0 Å². The molecule has 0 unspecified atom stereocenters. The van der Waals surface area contributed by atoms with Crippen molar-refractivity contribution in [2.45, 2.75) is 0 Å². The summed E-state index contributed by atoms with van der Waals surface area (Å²) in [5.74, 6) is -1.27. The van der Waals surface area contributed by atoms with Crippen LogP contribution in [0.25, 0.3) is 26.7 Å². The van der Waals surface area contributed by atoms with Gasteiger partial charge in [0.05, 0.1) is 11.0 Å². The zero-order valence-electron chi connectivity index (χ0n) is 15.2. The lowest BCUT2D eigenvalue weighted by Crippen LogP contribution is -2.09. The number of nitriles is 1. The molecule has 0 atom stereocenters. The smallest absolute Gasteiger partial charge is 0.348 e. The molecule has 4 aromatic rings. The Bertz CT molecular complexity index is 1330. The van der Waals surface area contributed by atoms with E-state index in [1.807, 2.05) is 24.3 Å². The first-order valence-electron chi connectivity index (χ1n) is 8.59. The van der Waals surface area contributed by atoms with E-state index in [2.05, 4.69) is 4.98 Å². The molecule has 2 heterocycles. The van der Waals surface area contributed by atoms with Crippen LogP contribution in [0, 0.1) is 17.1 Å². The molecular formula is C21H14FN3O3S. The molecule has 0 amide bonds. The van der Waals surface area contributed by atoms with Crippen molar-refractivity contribution < 1.29 is 19.0 Å². The number of carbonyl (C=O) groups excluding carboxylic acids is 1. The van der Waals surface area contributed by atoms with Crippen LogP contribution in [-0.4, -0.2) is 27.2 Å².